The first-order chi connectivity index (χ1) is 14.9. The Labute approximate surface area is 184 Å². The number of nitrogens with one attached hydrogen (secondary N) is 3. The van der Waals surface area contributed by atoms with Crippen molar-refractivity contribution in [1.82, 2.24) is 14.9 Å². The number of anilines is 2. The van der Waals surface area contributed by atoms with Crippen molar-refractivity contribution in [2.24, 2.45) is 0 Å². The molecule has 3 rings (SSSR count). The summed E-state index contributed by atoms with van der Waals surface area (Å²) in [6.45, 7) is 5.40. The summed E-state index contributed by atoms with van der Waals surface area (Å²) in [4.78, 5) is 39.5. The molecule has 1 heterocycles. The van der Waals surface area contributed by atoms with Gasteiger partial charge in [0.1, 0.15) is 5.82 Å². The molecule has 8 nitrogen and oxygen atoms in total. The molecule has 1 amide bonds. The van der Waals surface area contributed by atoms with Crippen LogP contribution in [0.5, 0.6) is 0 Å². The third-order valence-electron chi connectivity index (χ3n) is 4.95. The van der Waals surface area contributed by atoms with Gasteiger partial charge in [-0.15, -0.1) is 0 Å². The van der Waals surface area contributed by atoms with Crippen LogP contribution in [-0.4, -0.2) is 22.0 Å². The van der Waals surface area contributed by atoms with Gasteiger partial charge in [0.05, 0.1) is 0 Å². The van der Waals surface area contributed by atoms with Crippen LogP contribution in [0.1, 0.15) is 30.9 Å². The van der Waals surface area contributed by atoms with E-state index in [1.807, 2.05) is 6.07 Å². The molecule has 2 aromatic rings. The molecule has 1 aromatic carbocycles. The summed E-state index contributed by atoms with van der Waals surface area (Å²) in [5.74, 6) is -0.0925. The summed E-state index contributed by atoms with van der Waals surface area (Å²) < 4.78 is 6.10. The van der Waals surface area contributed by atoms with Crippen LogP contribution in [0, 0.1) is 0 Å². The van der Waals surface area contributed by atoms with Crippen LogP contribution in [0.2, 0.25) is 0 Å². The van der Waals surface area contributed by atoms with Crippen LogP contribution in [0.3, 0.4) is 0 Å². The maximum Gasteiger partial charge on any atom is 0.329 e. The van der Waals surface area contributed by atoms with Gasteiger partial charge >= 0.3 is 5.69 Å². The third-order valence-corrected chi connectivity index (χ3v) is 5.03. The minimum absolute atomic E-state index is 0.0250. The van der Waals surface area contributed by atoms with E-state index >= 15 is 0 Å². The number of hydrogen-bond donors (Lipinski definition) is 3. The lowest BCUT2D eigenvalue weighted by Crippen LogP contribution is -2.36. The number of fused-ring (bicyclic) bond motifs is 1. The second-order valence-corrected chi connectivity index (χ2v) is 7.58. The molecule has 0 unspecified atom stereocenters. The Kier molecular flexibility index (Phi) is 7.36. The Hall–Kier alpha value is -3.26. The molecule has 0 bridgehead atoms. The minimum Gasteiger partial charge on any atom is -0.441 e. The van der Waals surface area contributed by atoms with Crippen LogP contribution in [0.4, 0.5) is 11.5 Å². The summed E-state index contributed by atoms with van der Waals surface area (Å²) >= 11 is 5.54. The van der Waals surface area contributed by atoms with E-state index in [1.165, 1.54) is 23.3 Å². The van der Waals surface area contributed by atoms with E-state index in [1.54, 1.807) is 6.92 Å². The summed E-state index contributed by atoms with van der Waals surface area (Å²) in [5, 5.41) is 5.62. The number of hydrogen-bond acceptors (Lipinski definition) is 5. The van der Waals surface area contributed by atoms with E-state index in [2.05, 4.69) is 34.3 Å². The van der Waals surface area contributed by atoms with Gasteiger partial charge in [0.15, 0.2) is 11.0 Å². The van der Waals surface area contributed by atoms with Crippen molar-refractivity contribution in [3.8, 4) is 0 Å². The molecule has 0 radical (unpaired) electrons. The summed E-state index contributed by atoms with van der Waals surface area (Å²) in [7, 11) is 0. The molecule has 9 heteroatoms. The van der Waals surface area contributed by atoms with Crippen molar-refractivity contribution >= 4 is 29.0 Å². The van der Waals surface area contributed by atoms with E-state index < -0.39 is 17.2 Å². The number of carbonyl (C=O) groups is 1. The van der Waals surface area contributed by atoms with Gasteiger partial charge in [-0.25, -0.2) is 4.79 Å². The molecule has 0 spiro atoms. The number of halogens is 1. The van der Waals surface area contributed by atoms with Gasteiger partial charge < -0.3 is 15.4 Å². The molecule has 1 aliphatic carbocycles. The van der Waals surface area contributed by atoms with E-state index in [0.29, 0.717) is 12.2 Å². The molecule has 164 valence electrons. The van der Waals surface area contributed by atoms with Crippen molar-refractivity contribution in [3.05, 3.63) is 79.9 Å². The first-order valence-corrected chi connectivity index (χ1v) is 10.4. The maximum atomic E-state index is 12.4. The average Bonchev–Trinajstić information content (AvgIpc) is 3.18. The van der Waals surface area contributed by atoms with Gasteiger partial charge in [-0.05, 0) is 80.1 Å². The topological polar surface area (TPSA) is 105 Å². The average molecular weight is 445 g/mol. The molecule has 1 aliphatic rings. The van der Waals surface area contributed by atoms with Crippen LogP contribution in [0.15, 0.2) is 57.5 Å². The Morgan fingerprint density at radius 2 is 2.06 bits per heavy atom. The maximum absolute atomic E-state index is 12.4. The Balaban J connectivity index is 1.57. The number of aromatic amines is 1. The second kappa shape index (κ2) is 10.2. The van der Waals surface area contributed by atoms with E-state index in [9.17, 15) is 14.4 Å². The van der Waals surface area contributed by atoms with Crippen molar-refractivity contribution in [2.45, 2.75) is 39.2 Å². The molecule has 0 atom stereocenters. The van der Waals surface area contributed by atoms with E-state index in [4.69, 9.17) is 16.3 Å². The number of rotatable bonds is 9. The van der Waals surface area contributed by atoms with Crippen LogP contribution in [-0.2, 0) is 28.9 Å². The fourth-order valence-electron chi connectivity index (χ4n) is 3.49. The first kappa shape index (κ1) is 22.4. The van der Waals surface area contributed by atoms with Gasteiger partial charge in [0.2, 0.25) is 0 Å². The predicted octanol–water partition coefficient (Wildman–Crippen LogP) is 2.91. The Bertz CT molecular complexity index is 1100. The monoisotopic (exact) mass is 444 g/mol. The largest absolute Gasteiger partial charge is 0.441 e. The molecule has 0 aliphatic heterocycles. The summed E-state index contributed by atoms with van der Waals surface area (Å²) in [6.07, 6.45) is 5.13. The molecule has 0 saturated carbocycles. The highest BCUT2D eigenvalue weighted by Crippen LogP contribution is 2.25. The zero-order valence-electron chi connectivity index (χ0n) is 17.3. The fourth-order valence-corrected chi connectivity index (χ4v) is 3.57. The SMILES string of the molecule is C=C(Cl)O/C(=C\C)C(=O)NCCCn1c(=O)cc(Nc2ccc3c(c2)CCC3)[nH]c1=O. The lowest BCUT2D eigenvalue weighted by atomic mass is 10.1. The molecular weight excluding hydrogens is 420 g/mol. The number of ether oxygens (including phenoxy) is 1. The van der Waals surface area contributed by atoms with Crippen molar-refractivity contribution in [2.75, 3.05) is 11.9 Å². The van der Waals surface area contributed by atoms with E-state index in [-0.39, 0.29) is 24.1 Å². The van der Waals surface area contributed by atoms with Gasteiger partial charge in [-0.2, -0.15) is 0 Å². The predicted molar refractivity (Wildman–Crippen MR) is 121 cm³/mol. The molecule has 31 heavy (non-hydrogen) atoms. The van der Waals surface area contributed by atoms with Crippen molar-refractivity contribution < 1.29 is 9.53 Å². The molecule has 3 N–H and O–H groups in total. The van der Waals surface area contributed by atoms with Crippen molar-refractivity contribution in [3.63, 3.8) is 0 Å². The lowest BCUT2D eigenvalue weighted by molar-refractivity contribution is -0.120. The summed E-state index contributed by atoms with van der Waals surface area (Å²) in [6, 6.07) is 7.42. The van der Waals surface area contributed by atoms with Gasteiger partial charge in [-0.3, -0.25) is 19.1 Å². The smallest absolute Gasteiger partial charge is 0.329 e. The number of allylic oxidation sites excluding steroid dienone is 1. The zero-order chi connectivity index (χ0) is 22.4. The molecule has 1 aromatic heterocycles. The number of carbonyl (C=O) groups excluding carboxylic acids is 1. The standard InChI is InChI=1S/C22H25ClN4O4/c1-3-18(31-14(2)23)21(29)24-10-5-11-27-20(28)13-19(26-22(27)30)25-17-9-8-15-6-4-7-16(15)12-17/h3,8-9,12-13,25H,2,4-7,10-11H2,1H3,(H,24,29)(H,26,30)/b18-3-. The second-order valence-electron chi connectivity index (χ2n) is 7.16. The quantitative estimate of drug-likeness (QED) is 0.313. The number of H-pyrrole nitrogens is 1. The van der Waals surface area contributed by atoms with Crippen LogP contribution in [0.25, 0.3) is 0 Å². The number of benzene rings is 1. The van der Waals surface area contributed by atoms with Crippen LogP contribution >= 0.6 is 11.6 Å². The zero-order valence-corrected chi connectivity index (χ0v) is 18.1. The molecule has 0 saturated heterocycles. The van der Waals surface area contributed by atoms with E-state index in [0.717, 1.165) is 29.5 Å². The summed E-state index contributed by atoms with van der Waals surface area (Å²) in [5.41, 5.74) is 2.54. The van der Waals surface area contributed by atoms with Crippen LogP contribution < -0.4 is 21.9 Å². The van der Waals surface area contributed by atoms with Gasteiger partial charge in [0, 0.05) is 24.8 Å². The Morgan fingerprint density at radius 1 is 1.29 bits per heavy atom. The fraction of sp³-hybridized carbons (Fsp3) is 0.318. The molecular formula is C22H25ClN4O4. The Morgan fingerprint density at radius 3 is 2.77 bits per heavy atom. The lowest BCUT2D eigenvalue weighted by Gasteiger charge is -2.11. The third kappa shape index (κ3) is 5.88. The number of nitrogens with zero attached hydrogens (tertiary/aromatic N) is 1. The van der Waals surface area contributed by atoms with Gasteiger partial charge in [-0.1, -0.05) is 6.07 Å². The normalized spacial score (nSPS) is 12.9. The highest BCUT2D eigenvalue weighted by atomic mass is 35.5. The highest BCUT2D eigenvalue weighted by Gasteiger charge is 2.12. The number of amides is 1. The first-order valence-electron chi connectivity index (χ1n) is 10.1. The number of aryl methyl sites for hydroxylation is 2. The van der Waals surface area contributed by atoms with Gasteiger partial charge in [0.25, 0.3) is 11.5 Å². The van der Waals surface area contributed by atoms with Crippen molar-refractivity contribution in [1.29, 1.82) is 0 Å². The highest BCUT2D eigenvalue weighted by molar-refractivity contribution is 6.28. The minimum atomic E-state index is -0.515. The molecule has 0 fully saturated rings. The number of aromatic nitrogens is 2.